The fourth-order valence-electron chi connectivity index (χ4n) is 1.67. The standard InChI is InChI=1S/C14H11FO2/c1-9-2-3-11(8-13(9)14(16)17)10-4-6-12(15)7-5-10/h2-8H,1H3,(H,16,17). The van der Waals surface area contributed by atoms with Gasteiger partial charge in [0.2, 0.25) is 0 Å². The minimum Gasteiger partial charge on any atom is -0.478 e. The molecule has 2 nitrogen and oxygen atoms in total. The van der Waals surface area contributed by atoms with Crippen molar-refractivity contribution in [3.63, 3.8) is 0 Å². The second kappa shape index (κ2) is 4.37. The number of rotatable bonds is 2. The van der Waals surface area contributed by atoms with Crippen LogP contribution in [0.2, 0.25) is 0 Å². The molecule has 0 aliphatic rings. The zero-order valence-corrected chi connectivity index (χ0v) is 9.27. The maximum atomic E-state index is 12.8. The van der Waals surface area contributed by atoms with E-state index in [-0.39, 0.29) is 11.4 Å². The number of aryl methyl sites for hydroxylation is 1. The predicted octanol–water partition coefficient (Wildman–Crippen LogP) is 3.50. The molecule has 17 heavy (non-hydrogen) atoms. The van der Waals surface area contributed by atoms with Crippen LogP contribution in [0.3, 0.4) is 0 Å². The minimum atomic E-state index is -0.952. The van der Waals surface area contributed by atoms with E-state index in [1.54, 1.807) is 31.2 Å². The summed E-state index contributed by atoms with van der Waals surface area (Å²) in [6.07, 6.45) is 0. The van der Waals surface area contributed by atoms with E-state index in [1.807, 2.05) is 6.07 Å². The zero-order chi connectivity index (χ0) is 12.4. The van der Waals surface area contributed by atoms with Crippen molar-refractivity contribution >= 4 is 5.97 Å². The molecule has 0 fully saturated rings. The summed E-state index contributed by atoms with van der Waals surface area (Å²) in [7, 11) is 0. The van der Waals surface area contributed by atoms with Gasteiger partial charge in [-0.15, -0.1) is 0 Å². The average Bonchev–Trinajstić information content (AvgIpc) is 2.30. The summed E-state index contributed by atoms with van der Waals surface area (Å²) in [6, 6.07) is 11.2. The Labute approximate surface area is 98.3 Å². The van der Waals surface area contributed by atoms with Crippen LogP contribution in [0.4, 0.5) is 4.39 Å². The van der Waals surface area contributed by atoms with Crippen LogP contribution in [0.5, 0.6) is 0 Å². The van der Waals surface area contributed by atoms with Crippen LogP contribution in [-0.4, -0.2) is 11.1 Å². The first-order valence-corrected chi connectivity index (χ1v) is 5.18. The fourth-order valence-corrected chi connectivity index (χ4v) is 1.67. The zero-order valence-electron chi connectivity index (χ0n) is 9.27. The molecule has 0 aliphatic carbocycles. The van der Waals surface area contributed by atoms with Crippen LogP contribution < -0.4 is 0 Å². The first kappa shape index (κ1) is 11.3. The minimum absolute atomic E-state index is 0.270. The number of aromatic carboxylic acids is 1. The summed E-state index contributed by atoms with van der Waals surface area (Å²) in [4.78, 5) is 11.0. The lowest BCUT2D eigenvalue weighted by Gasteiger charge is -2.05. The van der Waals surface area contributed by atoms with Crippen molar-refractivity contribution < 1.29 is 14.3 Å². The Balaban J connectivity index is 2.50. The molecule has 2 rings (SSSR count). The summed E-state index contributed by atoms with van der Waals surface area (Å²) in [5.41, 5.74) is 2.55. The highest BCUT2D eigenvalue weighted by atomic mass is 19.1. The van der Waals surface area contributed by atoms with Gasteiger partial charge in [-0.1, -0.05) is 24.3 Å². The number of carboxylic acids is 1. The van der Waals surface area contributed by atoms with E-state index in [0.717, 1.165) is 11.1 Å². The van der Waals surface area contributed by atoms with Gasteiger partial charge in [-0.2, -0.15) is 0 Å². The summed E-state index contributed by atoms with van der Waals surface area (Å²) in [6.45, 7) is 1.75. The Hall–Kier alpha value is -2.16. The molecule has 0 spiro atoms. The van der Waals surface area contributed by atoms with E-state index in [0.29, 0.717) is 5.56 Å². The number of carbonyl (C=O) groups is 1. The summed E-state index contributed by atoms with van der Waals surface area (Å²) in [5.74, 6) is -1.26. The molecule has 3 heteroatoms. The molecule has 2 aromatic carbocycles. The fraction of sp³-hybridized carbons (Fsp3) is 0.0714. The van der Waals surface area contributed by atoms with Crippen LogP contribution >= 0.6 is 0 Å². The molecule has 0 saturated heterocycles. The van der Waals surface area contributed by atoms with Gasteiger partial charge in [0, 0.05) is 0 Å². The summed E-state index contributed by atoms with van der Waals surface area (Å²) in [5, 5.41) is 9.02. The topological polar surface area (TPSA) is 37.3 Å². The van der Waals surface area contributed by atoms with Gasteiger partial charge in [0.15, 0.2) is 0 Å². The summed E-state index contributed by atoms with van der Waals surface area (Å²) >= 11 is 0. The number of hydrogen-bond acceptors (Lipinski definition) is 1. The van der Waals surface area contributed by atoms with E-state index >= 15 is 0 Å². The van der Waals surface area contributed by atoms with Crippen LogP contribution in [0, 0.1) is 12.7 Å². The molecule has 0 unspecified atom stereocenters. The molecule has 0 aliphatic heterocycles. The number of benzene rings is 2. The second-order valence-electron chi connectivity index (χ2n) is 3.84. The number of halogens is 1. The van der Waals surface area contributed by atoms with Crippen molar-refractivity contribution in [2.24, 2.45) is 0 Å². The highest BCUT2D eigenvalue weighted by molar-refractivity contribution is 5.91. The van der Waals surface area contributed by atoms with Crippen LogP contribution in [0.1, 0.15) is 15.9 Å². The Morgan fingerprint density at radius 1 is 1.06 bits per heavy atom. The molecule has 2 aromatic rings. The largest absolute Gasteiger partial charge is 0.478 e. The lowest BCUT2D eigenvalue weighted by molar-refractivity contribution is 0.0696. The first-order valence-electron chi connectivity index (χ1n) is 5.18. The molecule has 0 heterocycles. The van der Waals surface area contributed by atoms with Crippen molar-refractivity contribution in [3.05, 3.63) is 59.4 Å². The van der Waals surface area contributed by atoms with Crippen molar-refractivity contribution in [1.29, 1.82) is 0 Å². The molecule has 0 saturated carbocycles. The van der Waals surface area contributed by atoms with Crippen LogP contribution in [0.15, 0.2) is 42.5 Å². The Bertz CT molecular complexity index is 559. The first-order chi connectivity index (χ1) is 8.08. The van der Waals surface area contributed by atoms with Crippen molar-refractivity contribution in [1.82, 2.24) is 0 Å². The van der Waals surface area contributed by atoms with Gasteiger partial charge < -0.3 is 5.11 Å². The number of carboxylic acid groups (broad SMARTS) is 1. The van der Waals surface area contributed by atoms with Gasteiger partial charge in [0.1, 0.15) is 5.82 Å². The predicted molar refractivity (Wildman–Crippen MR) is 63.5 cm³/mol. The van der Waals surface area contributed by atoms with Gasteiger partial charge >= 0.3 is 5.97 Å². The highest BCUT2D eigenvalue weighted by Gasteiger charge is 2.08. The monoisotopic (exact) mass is 230 g/mol. The highest BCUT2D eigenvalue weighted by Crippen LogP contribution is 2.22. The summed E-state index contributed by atoms with van der Waals surface area (Å²) < 4.78 is 12.8. The molecule has 0 aromatic heterocycles. The Kier molecular flexibility index (Phi) is 2.91. The molecule has 0 bridgehead atoms. The van der Waals surface area contributed by atoms with Gasteiger partial charge in [0.05, 0.1) is 5.56 Å². The third-order valence-electron chi connectivity index (χ3n) is 2.65. The lowest BCUT2D eigenvalue weighted by atomic mass is 10.00. The quantitative estimate of drug-likeness (QED) is 0.857. The van der Waals surface area contributed by atoms with E-state index in [4.69, 9.17) is 5.11 Å². The SMILES string of the molecule is Cc1ccc(-c2ccc(F)cc2)cc1C(=O)O. The lowest BCUT2D eigenvalue weighted by Crippen LogP contribution is -1.99. The smallest absolute Gasteiger partial charge is 0.335 e. The second-order valence-corrected chi connectivity index (χ2v) is 3.84. The van der Waals surface area contributed by atoms with E-state index in [1.165, 1.54) is 12.1 Å². The van der Waals surface area contributed by atoms with Crippen LogP contribution in [-0.2, 0) is 0 Å². The molecule has 0 amide bonds. The van der Waals surface area contributed by atoms with Crippen molar-refractivity contribution in [2.45, 2.75) is 6.92 Å². The van der Waals surface area contributed by atoms with E-state index in [9.17, 15) is 9.18 Å². The van der Waals surface area contributed by atoms with Crippen LogP contribution in [0.25, 0.3) is 11.1 Å². The van der Waals surface area contributed by atoms with E-state index < -0.39 is 5.97 Å². The third-order valence-corrected chi connectivity index (χ3v) is 2.65. The van der Waals surface area contributed by atoms with Gasteiger partial charge in [-0.05, 0) is 41.8 Å². The van der Waals surface area contributed by atoms with Gasteiger partial charge in [-0.3, -0.25) is 0 Å². The molecule has 86 valence electrons. The van der Waals surface area contributed by atoms with E-state index in [2.05, 4.69) is 0 Å². The third kappa shape index (κ3) is 2.33. The van der Waals surface area contributed by atoms with Crippen molar-refractivity contribution in [2.75, 3.05) is 0 Å². The molecule has 0 radical (unpaired) electrons. The maximum Gasteiger partial charge on any atom is 0.335 e. The number of hydrogen-bond donors (Lipinski definition) is 1. The average molecular weight is 230 g/mol. The van der Waals surface area contributed by atoms with Gasteiger partial charge in [-0.25, -0.2) is 9.18 Å². The Morgan fingerprint density at radius 3 is 2.24 bits per heavy atom. The van der Waals surface area contributed by atoms with Gasteiger partial charge in [0.25, 0.3) is 0 Å². The molecule has 0 atom stereocenters. The Morgan fingerprint density at radius 2 is 1.65 bits per heavy atom. The normalized spacial score (nSPS) is 10.2. The maximum absolute atomic E-state index is 12.8. The molecular weight excluding hydrogens is 219 g/mol. The molecule has 1 N–H and O–H groups in total. The molecular formula is C14H11FO2. The van der Waals surface area contributed by atoms with Crippen molar-refractivity contribution in [3.8, 4) is 11.1 Å².